The highest BCUT2D eigenvalue weighted by molar-refractivity contribution is 7.87. The van der Waals surface area contributed by atoms with E-state index in [2.05, 4.69) is 9.62 Å². The molecule has 0 aromatic heterocycles. The number of para-hydroxylation sites is 2. The maximum atomic E-state index is 12.1. The molecule has 1 saturated heterocycles. The Balaban J connectivity index is 2.01. The molecule has 6 nitrogen and oxygen atoms in total. The third-order valence-electron chi connectivity index (χ3n) is 3.24. The highest BCUT2D eigenvalue weighted by atomic mass is 32.2. The Hall–Kier alpha value is -1.31. The molecule has 0 radical (unpaired) electrons. The average molecular weight is 298 g/mol. The molecule has 1 heterocycles. The molecular formula is C13H22N4O2S. The van der Waals surface area contributed by atoms with Crippen LogP contribution in [0.1, 0.15) is 13.8 Å². The lowest BCUT2D eigenvalue weighted by molar-refractivity contribution is 0.376. The second-order valence-electron chi connectivity index (χ2n) is 5.22. The normalized spacial score (nSPS) is 17.6. The summed E-state index contributed by atoms with van der Waals surface area (Å²) in [4.78, 5) is 2.12. The van der Waals surface area contributed by atoms with Gasteiger partial charge in [-0.15, -0.1) is 0 Å². The predicted molar refractivity (Wildman–Crippen MR) is 81.8 cm³/mol. The lowest BCUT2D eigenvalue weighted by Gasteiger charge is -2.36. The summed E-state index contributed by atoms with van der Waals surface area (Å²) in [5.41, 5.74) is 7.65. The molecule has 0 bridgehead atoms. The number of rotatable bonds is 4. The number of nitrogens with two attached hydrogens (primary N) is 1. The van der Waals surface area contributed by atoms with Crippen molar-refractivity contribution in [2.75, 3.05) is 36.8 Å². The summed E-state index contributed by atoms with van der Waals surface area (Å²) in [7, 11) is -3.37. The van der Waals surface area contributed by atoms with E-state index in [-0.39, 0.29) is 6.04 Å². The third-order valence-corrected chi connectivity index (χ3v) is 5.05. The maximum absolute atomic E-state index is 12.1. The molecule has 0 atom stereocenters. The van der Waals surface area contributed by atoms with Crippen LogP contribution >= 0.6 is 0 Å². The second-order valence-corrected chi connectivity index (χ2v) is 6.92. The Labute approximate surface area is 120 Å². The lowest BCUT2D eigenvalue weighted by atomic mass is 10.2. The van der Waals surface area contributed by atoms with E-state index < -0.39 is 10.2 Å². The zero-order chi connectivity index (χ0) is 14.8. The number of hydrogen-bond donors (Lipinski definition) is 2. The van der Waals surface area contributed by atoms with Crippen molar-refractivity contribution in [2.45, 2.75) is 19.9 Å². The average Bonchev–Trinajstić information content (AvgIpc) is 2.38. The van der Waals surface area contributed by atoms with E-state index in [9.17, 15) is 8.42 Å². The molecule has 1 aromatic carbocycles. The van der Waals surface area contributed by atoms with Crippen molar-refractivity contribution in [1.29, 1.82) is 0 Å². The first-order chi connectivity index (χ1) is 9.40. The fraction of sp³-hybridized carbons (Fsp3) is 0.538. The molecule has 7 heteroatoms. The van der Waals surface area contributed by atoms with Gasteiger partial charge in [-0.05, 0) is 26.0 Å². The summed E-state index contributed by atoms with van der Waals surface area (Å²) in [6, 6.07) is 7.56. The highest BCUT2D eigenvalue weighted by Crippen LogP contribution is 2.23. The summed E-state index contributed by atoms with van der Waals surface area (Å²) < 4.78 is 28.3. The van der Waals surface area contributed by atoms with Crippen LogP contribution in [0.5, 0.6) is 0 Å². The van der Waals surface area contributed by atoms with Gasteiger partial charge in [0.2, 0.25) is 0 Å². The molecule has 1 aliphatic rings. The summed E-state index contributed by atoms with van der Waals surface area (Å²) in [6.45, 7) is 5.87. The van der Waals surface area contributed by atoms with E-state index in [4.69, 9.17) is 5.73 Å². The van der Waals surface area contributed by atoms with Crippen molar-refractivity contribution in [3.05, 3.63) is 24.3 Å². The van der Waals surface area contributed by atoms with E-state index in [1.807, 2.05) is 38.1 Å². The molecule has 0 aliphatic carbocycles. The van der Waals surface area contributed by atoms with Crippen LogP contribution in [0, 0.1) is 0 Å². The van der Waals surface area contributed by atoms with Crippen molar-refractivity contribution < 1.29 is 8.42 Å². The van der Waals surface area contributed by atoms with Crippen LogP contribution in [0.15, 0.2) is 24.3 Å². The summed E-state index contributed by atoms with van der Waals surface area (Å²) in [5.74, 6) is 0. The molecule has 0 saturated carbocycles. The molecule has 2 rings (SSSR count). The van der Waals surface area contributed by atoms with Gasteiger partial charge in [0.25, 0.3) is 10.2 Å². The van der Waals surface area contributed by atoms with Gasteiger partial charge in [0.15, 0.2) is 0 Å². The summed E-state index contributed by atoms with van der Waals surface area (Å²) in [6.07, 6.45) is 0. The Morgan fingerprint density at radius 2 is 1.75 bits per heavy atom. The number of nitrogen functional groups attached to an aromatic ring is 1. The van der Waals surface area contributed by atoms with Crippen LogP contribution in [0.3, 0.4) is 0 Å². The van der Waals surface area contributed by atoms with Gasteiger partial charge in [0.05, 0.1) is 11.4 Å². The number of nitrogens with one attached hydrogen (secondary N) is 1. The van der Waals surface area contributed by atoms with Crippen molar-refractivity contribution in [2.24, 2.45) is 0 Å². The van der Waals surface area contributed by atoms with Crippen LogP contribution in [0.2, 0.25) is 0 Å². The first-order valence-electron chi connectivity index (χ1n) is 6.77. The molecule has 1 fully saturated rings. The largest absolute Gasteiger partial charge is 0.397 e. The molecular weight excluding hydrogens is 276 g/mol. The second kappa shape index (κ2) is 5.99. The number of hydrogen-bond acceptors (Lipinski definition) is 4. The Morgan fingerprint density at radius 3 is 2.30 bits per heavy atom. The SMILES string of the molecule is CC(C)NS(=O)(=O)N1CCN(c2ccccc2N)CC1. The monoisotopic (exact) mass is 298 g/mol. The number of benzene rings is 1. The van der Waals surface area contributed by atoms with Gasteiger partial charge in [-0.25, -0.2) is 0 Å². The number of piperazine rings is 1. The van der Waals surface area contributed by atoms with Crippen LogP contribution in [-0.2, 0) is 10.2 Å². The van der Waals surface area contributed by atoms with E-state index >= 15 is 0 Å². The molecule has 0 unspecified atom stereocenters. The number of nitrogens with zero attached hydrogens (tertiary/aromatic N) is 2. The Kier molecular flexibility index (Phi) is 4.52. The predicted octanol–water partition coefficient (Wildman–Crippen LogP) is 0.634. The van der Waals surface area contributed by atoms with Crippen LogP contribution in [0.4, 0.5) is 11.4 Å². The summed E-state index contributed by atoms with van der Waals surface area (Å²) in [5, 5.41) is 0. The molecule has 3 N–H and O–H groups in total. The summed E-state index contributed by atoms with van der Waals surface area (Å²) >= 11 is 0. The maximum Gasteiger partial charge on any atom is 0.279 e. The number of anilines is 2. The molecule has 112 valence electrons. The zero-order valence-corrected chi connectivity index (χ0v) is 12.7. The molecule has 1 aromatic rings. The van der Waals surface area contributed by atoms with Gasteiger partial charge in [-0.2, -0.15) is 17.4 Å². The van der Waals surface area contributed by atoms with Gasteiger partial charge in [0, 0.05) is 32.2 Å². The first-order valence-corrected chi connectivity index (χ1v) is 8.21. The van der Waals surface area contributed by atoms with Gasteiger partial charge in [-0.3, -0.25) is 0 Å². The van der Waals surface area contributed by atoms with E-state index in [0.717, 1.165) is 11.4 Å². The van der Waals surface area contributed by atoms with Gasteiger partial charge >= 0.3 is 0 Å². The van der Waals surface area contributed by atoms with E-state index in [1.54, 1.807) is 0 Å². The standard InChI is InChI=1S/C13H22N4O2S/c1-11(2)15-20(18,19)17-9-7-16(8-10-17)13-6-4-3-5-12(13)14/h3-6,11,15H,7-10,14H2,1-2H3. The van der Waals surface area contributed by atoms with Gasteiger partial charge in [-0.1, -0.05) is 12.1 Å². The molecule has 0 amide bonds. The van der Waals surface area contributed by atoms with Gasteiger partial charge in [0.1, 0.15) is 0 Å². The smallest absolute Gasteiger partial charge is 0.279 e. The molecule has 0 spiro atoms. The quantitative estimate of drug-likeness (QED) is 0.799. The van der Waals surface area contributed by atoms with Crippen LogP contribution in [-0.4, -0.2) is 44.9 Å². The van der Waals surface area contributed by atoms with Crippen LogP contribution < -0.4 is 15.4 Å². The molecule has 20 heavy (non-hydrogen) atoms. The van der Waals surface area contributed by atoms with E-state index in [0.29, 0.717) is 26.2 Å². The molecule has 1 aliphatic heterocycles. The third kappa shape index (κ3) is 3.41. The van der Waals surface area contributed by atoms with Gasteiger partial charge < -0.3 is 10.6 Å². The zero-order valence-electron chi connectivity index (χ0n) is 11.9. The topological polar surface area (TPSA) is 78.7 Å². The fourth-order valence-electron chi connectivity index (χ4n) is 2.32. The minimum absolute atomic E-state index is 0.0946. The Morgan fingerprint density at radius 1 is 1.15 bits per heavy atom. The van der Waals surface area contributed by atoms with Crippen molar-refractivity contribution in [3.63, 3.8) is 0 Å². The Bertz CT molecular complexity index is 551. The fourth-order valence-corrected chi connectivity index (χ4v) is 3.71. The lowest BCUT2D eigenvalue weighted by Crippen LogP contribution is -2.53. The highest BCUT2D eigenvalue weighted by Gasteiger charge is 2.27. The van der Waals surface area contributed by atoms with Crippen molar-refractivity contribution >= 4 is 21.6 Å². The first kappa shape index (κ1) is 15.1. The van der Waals surface area contributed by atoms with Crippen molar-refractivity contribution in [1.82, 2.24) is 9.03 Å². The van der Waals surface area contributed by atoms with Crippen LogP contribution in [0.25, 0.3) is 0 Å². The minimum atomic E-state index is -3.37. The minimum Gasteiger partial charge on any atom is -0.397 e. The van der Waals surface area contributed by atoms with E-state index in [1.165, 1.54) is 4.31 Å². The van der Waals surface area contributed by atoms with Crippen molar-refractivity contribution in [3.8, 4) is 0 Å².